The molecule has 1 aromatic carbocycles. The van der Waals surface area contributed by atoms with Gasteiger partial charge in [-0.3, -0.25) is 4.79 Å². The fourth-order valence-corrected chi connectivity index (χ4v) is 4.88. The summed E-state index contributed by atoms with van der Waals surface area (Å²) >= 11 is 6.35. The van der Waals surface area contributed by atoms with Crippen molar-refractivity contribution in [3.63, 3.8) is 0 Å². The van der Waals surface area contributed by atoms with Gasteiger partial charge in [0, 0.05) is 36.5 Å². The Morgan fingerprint density at radius 2 is 2.17 bits per heavy atom. The third-order valence-electron chi connectivity index (χ3n) is 6.40. The smallest absolute Gasteiger partial charge is 0.336 e. The van der Waals surface area contributed by atoms with Gasteiger partial charge in [0.2, 0.25) is 0 Å². The van der Waals surface area contributed by atoms with Gasteiger partial charge in [-0.1, -0.05) is 31.4 Å². The summed E-state index contributed by atoms with van der Waals surface area (Å²) in [5.41, 5.74) is 0.207. The van der Waals surface area contributed by atoms with Gasteiger partial charge in [0.05, 0.1) is 10.6 Å². The molecule has 2 unspecified atom stereocenters. The molecule has 1 aliphatic heterocycles. The second kappa shape index (κ2) is 8.00. The molecule has 1 aromatic heterocycles. The molecule has 2 heterocycles. The SMILES string of the molecule is CCc1cc(=O)oc2cc(OCC(=O)N3CCC4(O)CCCCC4C3)c(Cl)cc12. The number of rotatable bonds is 4. The van der Waals surface area contributed by atoms with Crippen molar-refractivity contribution < 1.29 is 19.1 Å². The number of likely N-dealkylation sites (tertiary alicyclic amines) is 1. The number of ether oxygens (including phenoxy) is 1. The van der Waals surface area contributed by atoms with E-state index in [1.54, 1.807) is 17.0 Å². The Morgan fingerprint density at radius 3 is 2.97 bits per heavy atom. The van der Waals surface area contributed by atoms with Crippen molar-refractivity contribution >= 4 is 28.5 Å². The summed E-state index contributed by atoms with van der Waals surface area (Å²) in [5, 5.41) is 11.9. The van der Waals surface area contributed by atoms with Crippen LogP contribution in [0.1, 0.15) is 44.6 Å². The van der Waals surface area contributed by atoms with E-state index in [4.69, 9.17) is 20.8 Å². The van der Waals surface area contributed by atoms with E-state index < -0.39 is 11.2 Å². The van der Waals surface area contributed by atoms with Crippen LogP contribution >= 0.6 is 11.6 Å². The fraction of sp³-hybridized carbons (Fsp3) is 0.545. The number of carbonyl (C=O) groups is 1. The molecule has 4 rings (SSSR count). The first-order valence-corrected chi connectivity index (χ1v) is 10.7. The third-order valence-corrected chi connectivity index (χ3v) is 6.69. The summed E-state index contributed by atoms with van der Waals surface area (Å²) in [6, 6.07) is 4.74. The van der Waals surface area contributed by atoms with Crippen molar-refractivity contribution in [1.29, 1.82) is 0 Å². The summed E-state index contributed by atoms with van der Waals surface area (Å²) in [6.07, 6.45) is 5.23. The highest BCUT2D eigenvalue weighted by Gasteiger charge is 2.43. The number of carbonyl (C=O) groups excluding carboxylic acids is 1. The van der Waals surface area contributed by atoms with Crippen LogP contribution < -0.4 is 10.4 Å². The Morgan fingerprint density at radius 1 is 1.34 bits per heavy atom. The van der Waals surface area contributed by atoms with Crippen molar-refractivity contribution in [2.24, 2.45) is 5.92 Å². The van der Waals surface area contributed by atoms with E-state index in [1.165, 1.54) is 6.07 Å². The number of nitrogens with zero attached hydrogens (tertiary/aromatic N) is 1. The average molecular weight is 420 g/mol. The van der Waals surface area contributed by atoms with Crippen molar-refractivity contribution in [1.82, 2.24) is 4.90 Å². The van der Waals surface area contributed by atoms with Crippen LogP contribution in [0.5, 0.6) is 5.75 Å². The Bertz CT molecular complexity index is 987. The molecular formula is C22H26ClNO5. The minimum absolute atomic E-state index is 0.127. The maximum atomic E-state index is 12.7. The van der Waals surface area contributed by atoms with Gasteiger partial charge in [0.15, 0.2) is 6.61 Å². The molecule has 2 fully saturated rings. The number of amides is 1. The number of hydrogen-bond acceptors (Lipinski definition) is 5. The van der Waals surface area contributed by atoms with E-state index in [2.05, 4.69) is 0 Å². The molecule has 0 bridgehead atoms. The van der Waals surface area contributed by atoms with Crippen LogP contribution in [0, 0.1) is 5.92 Å². The number of aryl methyl sites for hydroxylation is 1. The van der Waals surface area contributed by atoms with Gasteiger partial charge in [-0.2, -0.15) is 0 Å². The number of halogens is 1. The zero-order valence-corrected chi connectivity index (χ0v) is 17.3. The number of benzene rings is 1. The lowest BCUT2D eigenvalue weighted by atomic mass is 9.71. The normalized spacial score (nSPS) is 24.4. The summed E-state index contributed by atoms with van der Waals surface area (Å²) in [6.45, 7) is 2.92. The van der Waals surface area contributed by atoms with Crippen LogP contribution in [0.4, 0.5) is 0 Å². The number of hydrogen-bond donors (Lipinski definition) is 1. The molecule has 2 atom stereocenters. The van der Waals surface area contributed by atoms with Gasteiger partial charge in [-0.15, -0.1) is 0 Å². The molecule has 1 saturated heterocycles. The zero-order valence-electron chi connectivity index (χ0n) is 16.6. The Kier molecular flexibility index (Phi) is 5.58. The number of fused-ring (bicyclic) bond motifs is 2. The first-order chi connectivity index (χ1) is 13.9. The van der Waals surface area contributed by atoms with Gasteiger partial charge >= 0.3 is 5.63 Å². The van der Waals surface area contributed by atoms with Crippen LogP contribution in [0.3, 0.4) is 0 Å². The first kappa shape index (κ1) is 20.2. The van der Waals surface area contributed by atoms with Crippen LogP contribution in [-0.2, 0) is 11.2 Å². The molecule has 1 aliphatic carbocycles. The Labute approximate surface area is 174 Å². The van der Waals surface area contributed by atoms with Crippen molar-refractivity contribution in [2.45, 2.75) is 51.0 Å². The quantitative estimate of drug-likeness (QED) is 0.766. The molecule has 1 amide bonds. The van der Waals surface area contributed by atoms with E-state index in [0.29, 0.717) is 42.3 Å². The van der Waals surface area contributed by atoms with E-state index >= 15 is 0 Å². The standard InChI is InChI=1S/C22H26ClNO5/c1-2-14-9-21(26)29-18-11-19(17(23)10-16(14)18)28-13-20(25)24-8-7-22(27)6-4-3-5-15(22)12-24/h9-11,15,27H,2-8,12-13H2,1H3. The highest BCUT2D eigenvalue weighted by Crippen LogP contribution is 2.40. The number of piperidine rings is 1. The lowest BCUT2D eigenvalue weighted by Crippen LogP contribution is -2.55. The second-order valence-electron chi connectivity index (χ2n) is 8.15. The summed E-state index contributed by atoms with van der Waals surface area (Å²) in [7, 11) is 0. The summed E-state index contributed by atoms with van der Waals surface area (Å²) < 4.78 is 11.0. The van der Waals surface area contributed by atoms with Crippen LogP contribution in [0.15, 0.2) is 27.4 Å². The summed E-state index contributed by atoms with van der Waals surface area (Å²) in [5.74, 6) is 0.326. The molecule has 1 N–H and O–H groups in total. The van der Waals surface area contributed by atoms with Crippen LogP contribution in [-0.4, -0.2) is 41.2 Å². The maximum Gasteiger partial charge on any atom is 0.336 e. The molecule has 2 aromatic rings. The average Bonchev–Trinajstić information content (AvgIpc) is 2.71. The molecule has 0 radical (unpaired) electrons. The first-order valence-electron chi connectivity index (χ1n) is 10.3. The van der Waals surface area contributed by atoms with Gasteiger partial charge < -0.3 is 19.2 Å². The lowest BCUT2D eigenvalue weighted by Gasteiger charge is -2.47. The minimum Gasteiger partial charge on any atom is -0.482 e. The predicted octanol–water partition coefficient (Wildman–Crippen LogP) is 3.54. The number of aliphatic hydroxyl groups is 1. The molecular weight excluding hydrogens is 394 g/mol. The lowest BCUT2D eigenvalue weighted by molar-refractivity contribution is -0.145. The largest absolute Gasteiger partial charge is 0.482 e. The topological polar surface area (TPSA) is 80.0 Å². The van der Waals surface area contributed by atoms with Crippen molar-refractivity contribution in [2.75, 3.05) is 19.7 Å². The zero-order chi connectivity index (χ0) is 20.6. The predicted molar refractivity (Wildman–Crippen MR) is 110 cm³/mol. The highest BCUT2D eigenvalue weighted by atomic mass is 35.5. The Balaban J connectivity index is 1.46. The highest BCUT2D eigenvalue weighted by molar-refractivity contribution is 6.32. The van der Waals surface area contributed by atoms with E-state index in [1.807, 2.05) is 6.92 Å². The molecule has 156 valence electrons. The molecule has 6 nitrogen and oxygen atoms in total. The second-order valence-corrected chi connectivity index (χ2v) is 8.55. The minimum atomic E-state index is -0.619. The third kappa shape index (κ3) is 4.01. The van der Waals surface area contributed by atoms with Crippen LogP contribution in [0.2, 0.25) is 5.02 Å². The monoisotopic (exact) mass is 419 g/mol. The molecule has 7 heteroatoms. The summed E-state index contributed by atoms with van der Waals surface area (Å²) in [4.78, 5) is 26.2. The van der Waals surface area contributed by atoms with Gasteiger partial charge in [-0.05, 0) is 37.3 Å². The molecule has 0 spiro atoms. The van der Waals surface area contributed by atoms with E-state index in [9.17, 15) is 14.7 Å². The van der Waals surface area contributed by atoms with Gasteiger partial charge in [0.25, 0.3) is 5.91 Å². The Hall–Kier alpha value is -2.05. The van der Waals surface area contributed by atoms with Gasteiger partial charge in [-0.25, -0.2) is 4.79 Å². The molecule has 29 heavy (non-hydrogen) atoms. The van der Waals surface area contributed by atoms with Crippen LogP contribution in [0.25, 0.3) is 11.0 Å². The van der Waals surface area contributed by atoms with Gasteiger partial charge in [0.1, 0.15) is 11.3 Å². The van der Waals surface area contributed by atoms with Crippen molar-refractivity contribution in [3.8, 4) is 5.75 Å². The fourth-order valence-electron chi connectivity index (χ4n) is 4.66. The van der Waals surface area contributed by atoms with Crippen molar-refractivity contribution in [3.05, 3.63) is 39.2 Å². The molecule has 1 saturated carbocycles. The molecule has 2 aliphatic rings. The maximum absolute atomic E-state index is 12.7. The van der Waals surface area contributed by atoms with E-state index in [-0.39, 0.29) is 18.4 Å². The van der Waals surface area contributed by atoms with E-state index in [0.717, 1.165) is 36.6 Å².